The van der Waals surface area contributed by atoms with Gasteiger partial charge in [-0.05, 0) is 13.3 Å². The molecule has 0 aromatic rings. The van der Waals surface area contributed by atoms with Gasteiger partial charge in [0, 0.05) is 18.6 Å². The normalized spacial score (nSPS) is 18.0. The Morgan fingerprint density at radius 2 is 1.88 bits per heavy atom. The van der Waals surface area contributed by atoms with Gasteiger partial charge in [0.15, 0.2) is 0 Å². The van der Waals surface area contributed by atoms with E-state index in [-0.39, 0.29) is 12.1 Å². The standard InChI is InChI=1S/C5H14N3/c1-4(7)2-5(8)3-6/h4-5H,1-3,6-8H2. The summed E-state index contributed by atoms with van der Waals surface area (Å²) in [6.45, 7) is 4.06. The molecular formula is C5H14N3. The molecule has 0 rings (SSSR count). The molecule has 3 nitrogen and oxygen atoms in total. The zero-order chi connectivity index (χ0) is 6.57. The van der Waals surface area contributed by atoms with E-state index in [0.717, 1.165) is 0 Å². The van der Waals surface area contributed by atoms with Gasteiger partial charge >= 0.3 is 0 Å². The monoisotopic (exact) mass is 116 g/mol. The molecular weight excluding hydrogens is 102 g/mol. The SMILES string of the molecule is [CH2]C(N)CC(N)CN. The van der Waals surface area contributed by atoms with Crippen LogP contribution in [0.1, 0.15) is 6.42 Å². The zero-order valence-corrected chi connectivity index (χ0v) is 5.01. The van der Waals surface area contributed by atoms with E-state index in [1.54, 1.807) is 0 Å². The second-order valence-electron chi connectivity index (χ2n) is 1.99. The summed E-state index contributed by atoms with van der Waals surface area (Å²) in [6.07, 6.45) is 0.705. The molecule has 0 aliphatic carbocycles. The second-order valence-corrected chi connectivity index (χ2v) is 1.99. The molecule has 0 aliphatic rings. The van der Waals surface area contributed by atoms with Crippen LogP contribution in [0.4, 0.5) is 0 Å². The average Bonchev–Trinajstić information content (AvgIpc) is 1.65. The highest BCUT2D eigenvalue weighted by atomic mass is 14.7. The van der Waals surface area contributed by atoms with Crippen molar-refractivity contribution in [3.05, 3.63) is 6.92 Å². The third kappa shape index (κ3) is 4.05. The first-order chi connectivity index (χ1) is 3.66. The van der Waals surface area contributed by atoms with Crippen molar-refractivity contribution in [1.29, 1.82) is 0 Å². The maximum atomic E-state index is 5.43. The summed E-state index contributed by atoms with van der Waals surface area (Å²) in [6, 6.07) is -0.0592. The number of hydrogen-bond acceptors (Lipinski definition) is 3. The number of rotatable bonds is 3. The highest BCUT2D eigenvalue weighted by molar-refractivity contribution is 4.71. The Labute approximate surface area is 50.2 Å². The van der Waals surface area contributed by atoms with E-state index < -0.39 is 0 Å². The lowest BCUT2D eigenvalue weighted by Crippen LogP contribution is -2.35. The van der Waals surface area contributed by atoms with E-state index in [2.05, 4.69) is 6.92 Å². The van der Waals surface area contributed by atoms with E-state index in [1.807, 2.05) is 0 Å². The summed E-state index contributed by atoms with van der Waals surface area (Å²) in [5.74, 6) is 0. The average molecular weight is 116 g/mol. The molecule has 0 spiro atoms. The van der Waals surface area contributed by atoms with Crippen LogP contribution in [-0.2, 0) is 0 Å². The molecule has 0 bridgehead atoms. The molecule has 8 heavy (non-hydrogen) atoms. The number of hydrogen-bond donors (Lipinski definition) is 3. The summed E-state index contributed by atoms with van der Waals surface area (Å²) in [5.41, 5.74) is 16.0. The molecule has 0 aromatic carbocycles. The van der Waals surface area contributed by atoms with Crippen LogP contribution in [0.25, 0.3) is 0 Å². The molecule has 0 saturated carbocycles. The molecule has 0 aromatic heterocycles. The highest BCUT2D eigenvalue weighted by Crippen LogP contribution is 1.87. The van der Waals surface area contributed by atoms with Crippen molar-refractivity contribution in [3.63, 3.8) is 0 Å². The van der Waals surface area contributed by atoms with Crippen LogP contribution in [0.3, 0.4) is 0 Å². The minimum absolute atomic E-state index is 0.0162. The maximum absolute atomic E-state index is 5.43. The van der Waals surface area contributed by atoms with Gasteiger partial charge in [-0.15, -0.1) is 0 Å². The van der Waals surface area contributed by atoms with Crippen molar-refractivity contribution >= 4 is 0 Å². The van der Waals surface area contributed by atoms with Crippen molar-refractivity contribution in [3.8, 4) is 0 Å². The minimum atomic E-state index is -0.0754. The first-order valence-corrected chi connectivity index (χ1v) is 2.71. The molecule has 1 radical (unpaired) electrons. The molecule has 3 heteroatoms. The molecule has 0 aliphatic heterocycles. The Balaban J connectivity index is 3.10. The summed E-state index contributed by atoms with van der Waals surface area (Å²) in [4.78, 5) is 0. The van der Waals surface area contributed by atoms with E-state index in [9.17, 15) is 0 Å². The van der Waals surface area contributed by atoms with Crippen molar-refractivity contribution in [1.82, 2.24) is 0 Å². The molecule has 0 amide bonds. The zero-order valence-electron chi connectivity index (χ0n) is 5.01. The topological polar surface area (TPSA) is 78.1 Å². The lowest BCUT2D eigenvalue weighted by molar-refractivity contribution is 0.579. The van der Waals surface area contributed by atoms with Gasteiger partial charge in [0.2, 0.25) is 0 Å². The predicted octanol–water partition coefficient (Wildman–Crippen LogP) is -1.18. The van der Waals surface area contributed by atoms with E-state index >= 15 is 0 Å². The van der Waals surface area contributed by atoms with Crippen LogP contribution in [0.2, 0.25) is 0 Å². The van der Waals surface area contributed by atoms with Crippen molar-refractivity contribution in [2.75, 3.05) is 6.54 Å². The van der Waals surface area contributed by atoms with Gasteiger partial charge in [-0.25, -0.2) is 0 Å². The van der Waals surface area contributed by atoms with Crippen molar-refractivity contribution < 1.29 is 0 Å². The summed E-state index contributed by atoms with van der Waals surface area (Å²) in [5, 5.41) is 0. The summed E-state index contributed by atoms with van der Waals surface area (Å²) >= 11 is 0. The fourth-order valence-corrected chi connectivity index (χ4v) is 0.485. The van der Waals surface area contributed by atoms with Crippen LogP contribution in [-0.4, -0.2) is 18.6 Å². The minimum Gasteiger partial charge on any atom is -0.329 e. The lowest BCUT2D eigenvalue weighted by atomic mass is 10.1. The molecule has 0 fully saturated rings. The molecule has 2 atom stereocenters. The Kier molecular flexibility index (Phi) is 3.77. The van der Waals surface area contributed by atoms with Gasteiger partial charge in [0.05, 0.1) is 0 Å². The molecule has 0 saturated heterocycles. The number of nitrogens with two attached hydrogens (primary N) is 3. The van der Waals surface area contributed by atoms with E-state index in [0.29, 0.717) is 13.0 Å². The fraction of sp³-hybridized carbons (Fsp3) is 0.800. The Bertz CT molecular complexity index is 53.6. The van der Waals surface area contributed by atoms with Crippen LogP contribution in [0.5, 0.6) is 0 Å². The molecule has 2 unspecified atom stereocenters. The van der Waals surface area contributed by atoms with Gasteiger partial charge in [0.25, 0.3) is 0 Å². The molecule has 6 N–H and O–H groups in total. The Morgan fingerprint density at radius 1 is 1.38 bits per heavy atom. The van der Waals surface area contributed by atoms with Crippen LogP contribution >= 0.6 is 0 Å². The van der Waals surface area contributed by atoms with Crippen molar-refractivity contribution in [2.24, 2.45) is 17.2 Å². The van der Waals surface area contributed by atoms with Crippen LogP contribution in [0.15, 0.2) is 0 Å². The lowest BCUT2D eigenvalue weighted by Gasteiger charge is -2.09. The predicted molar refractivity (Wildman–Crippen MR) is 35.0 cm³/mol. The molecule has 49 valence electrons. The van der Waals surface area contributed by atoms with Crippen molar-refractivity contribution in [2.45, 2.75) is 18.5 Å². The van der Waals surface area contributed by atoms with Gasteiger partial charge in [-0.1, -0.05) is 0 Å². The Morgan fingerprint density at radius 3 is 2.00 bits per heavy atom. The van der Waals surface area contributed by atoms with Gasteiger partial charge in [0.1, 0.15) is 0 Å². The van der Waals surface area contributed by atoms with Crippen LogP contribution < -0.4 is 17.2 Å². The first-order valence-electron chi connectivity index (χ1n) is 2.71. The first kappa shape index (κ1) is 7.88. The Hall–Kier alpha value is -0.120. The second kappa shape index (κ2) is 3.83. The third-order valence-corrected chi connectivity index (χ3v) is 0.908. The van der Waals surface area contributed by atoms with Gasteiger partial charge in [-0.2, -0.15) is 0 Å². The largest absolute Gasteiger partial charge is 0.329 e. The third-order valence-electron chi connectivity index (χ3n) is 0.908. The fourth-order valence-electron chi connectivity index (χ4n) is 0.485. The molecule has 0 heterocycles. The summed E-state index contributed by atoms with van der Waals surface area (Å²) in [7, 11) is 0. The quantitative estimate of drug-likeness (QED) is 0.434. The van der Waals surface area contributed by atoms with Crippen LogP contribution in [0, 0.1) is 6.92 Å². The smallest absolute Gasteiger partial charge is 0.0177 e. The van der Waals surface area contributed by atoms with Gasteiger partial charge < -0.3 is 17.2 Å². The van der Waals surface area contributed by atoms with E-state index in [4.69, 9.17) is 17.2 Å². The highest BCUT2D eigenvalue weighted by Gasteiger charge is 2.01. The van der Waals surface area contributed by atoms with E-state index in [1.165, 1.54) is 0 Å². The summed E-state index contributed by atoms with van der Waals surface area (Å²) < 4.78 is 0. The maximum Gasteiger partial charge on any atom is 0.0177 e. The van der Waals surface area contributed by atoms with Gasteiger partial charge in [-0.3, -0.25) is 0 Å².